The van der Waals surface area contributed by atoms with Gasteiger partial charge in [-0.25, -0.2) is 0 Å². The van der Waals surface area contributed by atoms with Gasteiger partial charge in [-0.3, -0.25) is 4.79 Å². The van der Waals surface area contributed by atoms with Gasteiger partial charge in [0.1, 0.15) is 0 Å². The molecule has 1 rings (SSSR count). The Labute approximate surface area is 78.0 Å². The minimum Gasteiger partial charge on any atom is -0.329 e. The summed E-state index contributed by atoms with van der Waals surface area (Å²) in [6, 6.07) is 0.328. The van der Waals surface area contributed by atoms with E-state index in [0.717, 1.165) is 12.2 Å². The van der Waals surface area contributed by atoms with Gasteiger partial charge in [-0.1, -0.05) is 37.3 Å². The van der Waals surface area contributed by atoms with Crippen molar-refractivity contribution in [1.29, 1.82) is 0 Å². The Morgan fingerprint density at radius 1 is 1.75 bits per heavy atom. The summed E-state index contributed by atoms with van der Waals surface area (Å²) in [7, 11) is 1.86. The smallest absolute Gasteiger partial charge is 0.281 e. The second-order valence-electron chi connectivity index (χ2n) is 2.97. The molecule has 1 aliphatic rings. The number of amides is 1. The van der Waals surface area contributed by atoms with E-state index >= 15 is 0 Å². The Morgan fingerprint density at radius 2 is 2.50 bits per heavy atom. The zero-order valence-electron chi connectivity index (χ0n) is 7.62. The highest BCUT2D eigenvalue weighted by atomic mass is 32.2. The zero-order chi connectivity index (χ0) is 8.97. The van der Waals surface area contributed by atoms with E-state index in [0.29, 0.717) is 6.04 Å². The first-order valence-electron chi connectivity index (χ1n) is 4.32. The molecule has 1 unspecified atom stereocenters. The van der Waals surface area contributed by atoms with Crippen LogP contribution in [0, 0.1) is 0 Å². The van der Waals surface area contributed by atoms with Gasteiger partial charge < -0.3 is 4.90 Å². The predicted octanol–water partition coefficient (Wildman–Crippen LogP) is 2.51. The molecule has 0 spiro atoms. The molecule has 1 amide bonds. The van der Waals surface area contributed by atoms with Crippen LogP contribution >= 0.6 is 11.8 Å². The van der Waals surface area contributed by atoms with Crippen molar-refractivity contribution < 1.29 is 4.79 Å². The number of nitrogens with zero attached hydrogens (tertiary/aromatic N) is 1. The maximum atomic E-state index is 11.1. The van der Waals surface area contributed by atoms with Crippen LogP contribution in [0.15, 0.2) is 12.2 Å². The lowest BCUT2D eigenvalue weighted by Gasteiger charge is -2.13. The van der Waals surface area contributed by atoms with Gasteiger partial charge in [-0.2, -0.15) is 0 Å². The van der Waals surface area contributed by atoms with Crippen LogP contribution in [-0.4, -0.2) is 29.0 Å². The molecule has 1 aliphatic heterocycles. The molecule has 0 aromatic carbocycles. The molecule has 1 fully saturated rings. The van der Waals surface area contributed by atoms with Crippen LogP contribution in [0.2, 0.25) is 0 Å². The van der Waals surface area contributed by atoms with Crippen molar-refractivity contribution in [1.82, 2.24) is 4.90 Å². The molecule has 0 radical (unpaired) electrons. The van der Waals surface area contributed by atoms with Crippen molar-refractivity contribution in [2.75, 3.05) is 12.8 Å². The number of likely N-dealkylation sites (N-methyl/N-ethyl adjacent to an activating group) is 1. The van der Waals surface area contributed by atoms with Crippen LogP contribution in [0.5, 0.6) is 0 Å². The highest BCUT2D eigenvalue weighted by molar-refractivity contribution is 8.13. The van der Waals surface area contributed by atoms with Crippen molar-refractivity contribution in [3.63, 3.8) is 0 Å². The lowest BCUT2D eigenvalue weighted by Crippen LogP contribution is -2.26. The molecule has 0 aromatic rings. The summed E-state index contributed by atoms with van der Waals surface area (Å²) in [5.41, 5.74) is 0. The van der Waals surface area contributed by atoms with E-state index in [-0.39, 0.29) is 5.24 Å². The maximum Gasteiger partial charge on any atom is 0.281 e. The van der Waals surface area contributed by atoms with E-state index in [2.05, 4.69) is 19.1 Å². The average molecular weight is 185 g/mol. The zero-order valence-corrected chi connectivity index (χ0v) is 8.43. The van der Waals surface area contributed by atoms with Gasteiger partial charge in [-0.05, 0) is 6.42 Å². The van der Waals surface area contributed by atoms with Crippen LogP contribution in [-0.2, 0) is 0 Å². The summed E-state index contributed by atoms with van der Waals surface area (Å²) in [6.45, 7) is 2.16. The van der Waals surface area contributed by atoms with Crippen LogP contribution in [0.3, 0.4) is 0 Å². The molecule has 0 aliphatic carbocycles. The van der Waals surface area contributed by atoms with Crippen LogP contribution in [0.1, 0.15) is 19.8 Å². The molecule has 0 saturated carbocycles. The van der Waals surface area contributed by atoms with Crippen LogP contribution in [0.25, 0.3) is 0 Å². The molecule has 1 saturated heterocycles. The van der Waals surface area contributed by atoms with E-state index in [4.69, 9.17) is 0 Å². The van der Waals surface area contributed by atoms with E-state index in [9.17, 15) is 4.79 Å². The number of carbonyl (C=O) groups is 1. The quantitative estimate of drug-likeness (QED) is 0.630. The first-order valence-corrected chi connectivity index (χ1v) is 5.30. The second-order valence-corrected chi connectivity index (χ2v) is 3.94. The minimum atomic E-state index is 0.196. The SMILES string of the molecule is CCC/C=C/C1CSC(=O)N1C. The first-order chi connectivity index (χ1) is 5.75. The Morgan fingerprint density at radius 3 is 3.00 bits per heavy atom. The van der Waals surface area contributed by atoms with E-state index in [1.165, 1.54) is 18.2 Å². The fourth-order valence-corrected chi connectivity index (χ4v) is 2.10. The normalized spacial score (nSPS) is 24.3. The lowest BCUT2D eigenvalue weighted by molar-refractivity contribution is 0.232. The van der Waals surface area contributed by atoms with Crippen LogP contribution < -0.4 is 0 Å². The summed E-state index contributed by atoms with van der Waals surface area (Å²) in [5, 5.41) is 0.196. The molecular weight excluding hydrogens is 170 g/mol. The van der Waals surface area contributed by atoms with Crippen molar-refractivity contribution in [3.8, 4) is 0 Å². The number of rotatable bonds is 3. The monoisotopic (exact) mass is 185 g/mol. The van der Waals surface area contributed by atoms with Gasteiger partial charge in [0.25, 0.3) is 5.24 Å². The number of carbonyl (C=O) groups excluding carboxylic acids is 1. The second kappa shape index (κ2) is 4.55. The first kappa shape index (κ1) is 9.65. The minimum absolute atomic E-state index is 0.196. The summed E-state index contributed by atoms with van der Waals surface area (Å²) in [5.74, 6) is 0.912. The van der Waals surface area contributed by atoms with Crippen molar-refractivity contribution in [3.05, 3.63) is 12.2 Å². The summed E-state index contributed by atoms with van der Waals surface area (Å²) < 4.78 is 0. The molecule has 1 atom stereocenters. The number of allylic oxidation sites excluding steroid dienone is 1. The largest absolute Gasteiger partial charge is 0.329 e. The van der Waals surface area contributed by atoms with E-state index < -0.39 is 0 Å². The summed E-state index contributed by atoms with van der Waals surface area (Å²) in [4.78, 5) is 12.9. The van der Waals surface area contributed by atoms with E-state index in [1.807, 2.05) is 7.05 Å². The lowest BCUT2D eigenvalue weighted by atomic mass is 10.2. The third kappa shape index (κ3) is 2.27. The fourth-order valence-electron chi connectivity index (χ4n) is 1.11. The predicted molar refractivity (Wildman–Crippen MR) is 53.5 cm³/mol. The summed E-state index contributed by atoms with van der Waals surface area (Å²) >= 11 is 1.41. The Balaban J connectivity index is 2.38. The highest BCUT2D eigenvalue weighted by Gasteiger charge is 2.25. The number of thioether (sulfide) groups is 1. The van der Waals surface area contributed by atoms with Gasteiger partial charge in [0.15, 0.2) is 0 Å². The number of hydrogen-bond donors (Lipinski definition) is 0. The third-order valence-corrected chi connectivity index (χ3v) is 3.02. The molecule has 0 N–H and O–H groups in total. The molecule has 68 valence electrons. The molecule has 12 heavy (non-hydrogen) atoms. The maximum absolute atomic E-state index is 11.1. The molecule has 1 heterocycles. The molecule has 0 bridgehead atoms. The van der Waals surface area contributed by atoms with Crippen LogP contribution in [0.4, 0.5) is 4.79 Å². The molecule has 3 heteroatoms. The van der Waals surface area contributed by atoms with Gasteiger partial charge >= 0.3 is 0 Å². The number of hydrogen-bond acceptors (Lipinski definition) is 2. The summed E-state index contributed by atoms with van der Waals surface area (Å²) in [6.07, 6.45) is 6.60. The molecule has 2 nitrogen and oxygen atoms in total. The van der Waals surface area contributed by atoms with Gasteiger partial charge in [-0.15, -0.1) is 0 Å². The molecule has 0 aromatic heterocycles. The van der Waals surface area contributed by atoms with Crippen molar-refractivity contribution in [2.24, 2.45) is 0 Å². The topological polar surface area (TPSA) is 20.3 Å². The highest BCUT2D eigenvalue weighted by Crippen LogP contribution is 2.22. The molecular formula is C9H15NOS. The Bertz CT molecular complexity index is 191. The van der Waals surface area contributed by atoms with Crippen molar-refractivity contribution >= 4 is 17.0 Å². The van der Waals surface area contributed by atoms with E-state index in [1.54, 1.807) is 4.90 Å². The average Bonchev–Trinajstić information content (AvgIpc) is 2.36. The van der Waals surface area contributed by atoms with Crippen molar-refractivity contribution in [2.45, 2.75) is 25.8 Å². The Kier molecular flexibility index (Phi) is 3.66. The third-order valence-electron chi connectivity index (χ3n) is 1.98. The van der Waals surface area contributed by atoms with Gasteiger partial charge in [0.2, 0.25) is 0 Å². The fraction of sp³-hybridized carbons (Fsp3) is 0.667. The Hall–Kier alpha value is -0.440. The van der Waals surface area contributed by atoms with Gasteiger partial charge in [0.05, 0.1) is 6.04 Å². The van der Waals surface area contributed by atoms with Gasteiger partial charge in [0, 0.05) is 12.8 Å². The standard InChI is InChI=1S/C9H15NOS/c1-3-4-5-6-8-7-12-9(11)10(8)2/h5-6,8H,3-4,7H2,1-2H3/b6-5+. The number of unbranched alkanes of at least 4 members (excludes halogenated alkanes) is 1.